The molecule has 1 aliphatic heterocycles. The summed E-state index contributed by atoms with van der Waals surface area (Å²) in [6, 6.07) is 8.13. The van der Waals surface area contributed by atoms with Crippen molar-refractivity contribution in [2.45, 2.75) is 32.7 Å². The molecule has 1 aliphatic rings. The number of hydrogen-bond donors (Lipinski definition) is 4. The summed E-state index contributed by atoms with van der Waals surface area (Å²) >= 11 is 0. The lowest BCUT2D eigenvalue weighted by atomic mass is 10.0. The topological polar surface area (TPSA) is 123 Å². The molecule has 4 amide bonds. The molecular weight excluding hydrogens is 417 g/mol. The normalized spacial score (nSPS) is 16.6. The van der Waals surface area contributed by atoms with E-state index < -0.39 is 36.4 Å². The molecule has 2 atom stereocenters. The number of alkyl halides is 1. The zero-order valence-electron chi connectivity index (χ0n) is 18.1. The summed E-state index contributed by atoms with van der Waals surface area (Å²) in [6.45, 7) is 2.80. The lowest BCUT2D eigenvalue weighted by Crippen LogP contribution is -2.56. The molecule has 1 saturated heterocycles. The van der Waals surface area contributed by atoms with Crippen LogP contribution in [0.25, 0.3) is 10.9 Å². The first kappa shape index (κ1) is 23.2. The predicted molar refractivity (Wildman–Crippen MR) is 116 cm³/mol. The molecule has 4 N–H and O–H groups in total. The maximum atomic E-state index is 13.1. The first-order valence-electron chi connectivity index (χ1n) is 10.6. The van der Waals surface area contributed by atoms with Crippen LogP contribution in [0.1, 0.15) is 37.2 Å². The Kier molecular flexibility index (Phi) is 7.45. The average molecular weight is 445 g/mol. The molecule has 0 unspecified atom stereocenters. The van der Waals surface area contributed by atoms with E-state index in [0.29, 0.717) is 25.1 Å². The van der Waals surface area contributed by atoms with E-state index in [9.17, 15) is 23.6 Å². The number of aromatic amines is 1. The summed E-state index contributed by atoms with van der Waals surface area (Å²) in [7, 11) is 0. The van der Waals surface area contributed by atoms with Crippen molar-refractivity contribution in [1.29, 1.82) is 0 Å². The van der Waals surface area contributed by atoms with Crippen molar-refractivity contribution in [3.8, 4) is 0 Å². The number of hydrazine groups is 1. The third-order valence-corrected chi connectivity index (χ3v) is 5.33. The van der Waals surface area contributed by atoms with Gasteiger partial charge in [0.15, 0.2) is 6.67 Å². The minimum atomic E-state index is -1.31. The number of para-hydroxylation sites is 1. The van der Waals surface area contributed by atoms with Gasteiger partial charge in [-0.25, -0.2) is 4.39 Å². The lowest BCUT2D eigenvalue weighted by Gasteiger charge is -2.27. The largest absolute Gasteiger partial charge is 0.356 e. The van der Waals surface area contributed by atoms with E-state index in [1.165, 1.54) is 0 Å². The van der Waals surface area contributed by atoms with Gasteiger partial charge in [0.1, 0.15) is 11.7 Å². The van der Waals surface area contributed by atoms with Crippen LogP contribution in [0.2, 0.25) is 0 Å². The predicted octanol–water partition coefficient (Wildman–Crippen LogP) is 1.28. The second kappa shape index (κ2) is 10.3. The molecule has 10 heteroatoms. The van der Waals surface area contributed by atoms with Crippen LogP contribution in [0.5, 0.6) is 0 Å². The Labute approximate surface area is 185 Å². The van der Waals surface area contributed by atoms with Crippen molar-refractivity contribution in [3.05, 3.63) is 36.0 Å². The summed E-state index contributed by atoms with van der Waals surface area (Å²) in [5.74, 6) is -2.80. The Morgan fingerprint density at radius 3 is 2.62 bits per heavy atom. The molecule has 0 radical (unpaired) electrons. The van der Waals surface area contributed by atoms with Crippen molar-refractivity contribution in [1.82, 2.24) is 26.1 Å². The van der Waals surface area contributed by atoms with E-state index in [4.69, 9.17) is 0 Å². The van der Waals surface area contributed by atoms with Crippen LogP contribution in [0, 0.1) is 11.8 Å². The fourth-order valence-corrected chi connectivity index (χ4v) is 3.67. The van der Waals surface area contributed by atoms with Crippen molar-refractivity contribution in [3.63, 3.8) is 0 Å². The second-order valence-electron chi connectivity index (χ2n) is 8.32. The number of fused-ring (bicyclic) bond motifs is 1. The SMILES string of the molecule is CC(C)C[C@H](NC(=O)c1cc2ccccc2[nH]1)C(=O)NN(C[C@@H]1CCNC1=O)C(=O)CF. The van der Waals surface area contributed by atoms with Crippen LogP contribution in [-0.2, 0) is 14.4 Å². The quantitative estimate of drug-likeness (QED) is 0.457. The highest BCUT2D eigenvalue weighted by Crippen LogP contribution is 2.16. The fourth-order valence-electron chi connectivity index (χ4n) is 3.67. The number of carbonyl (C=O) groups is 4. The van der Waals surface area contributed by atoms with Crippen LogP contribution >= 0.6 is 0 Å². The fraction of sp³-hybridized carbons (Fsp3) is 0.455. The number of H-pyrrole nitrogens is 1. The first-order chi connectivity index (χ1) is 15.3. The molecule has 0 saturated carbocycles. The van der Waals surface area contributed by atoms with E-state index in [0.717, 1.165) is 15.9 Å². The van der Waals surface area contributed by atoms with Crippen molar-refractivity contribution in [2.24, 2.45) is 11.8 Å². The summed E-state index contributed by atoms with van der Waals surface area (Å²) in [4.78, 5) is 52.6. The van der Waals surface area contributed by atoms with Crippen molar-refractivity contribution >= 4 is 34.5 Å². The number of nitrogens with zero attached hydrogens (tertiary/aromatic N) is 1. The molecule has 1 fully saturated rings. The Morgan fingerprint density at radius 2 is 2.00 bits per heavy atom. The number of hydrogen-bond acceptors (Lipinski definition) is 4. The van der Waals surface area contributed by atoms with Crippen LogP contribution in [-0.4, -0.2) is 59.4 Å². The monoisotopic (exact) mass is 445 g/mol. The highest BCUT2D eigenvalue weighted by molar-refractivity contribution is 6.00. The molecule has 172 valence electrons. The number of rotatable bonds is 8. The standard InChI is InChI=1S/C22H28FN5O4/c1-13(2)9-17(26-21(31)18-10-14-5-3-4-6-16(14)25-18)22(32)27-28(19(29)11-23)12-15-7-8-24-20(15)30/h3-6,10,13,15,17,25H,7-9,11-12H2,1-2H3,(H,24,30)(H,26,31)(H,27,32)/t15-,17-/m0/s1. The van der Waals surface area contributed by atoms with Crippen LogP contribution in [0.15, 0.2) is 30.3 Å². The Bertz CT molecular complexity index is 972. The molecule has 32 heavy (non-hydrogen) atoms. The lowest BCUT2D eigenvalue weighted by molar-refractivity contribution is -0.144. The van der Waals surface area contributed by atoms with Crippen molar-refractivity contribution < 1.29 is 23.6 Å². The second-order valence-corrected chi connectivity index (χ2v) is 8.32. The molecule has 0 bridgehead atoms. The maximum absolute atomic E-state index is 13.1. The molecule has 2 heterocycles. The number of nitrogens with one attached hydrogen (secondary N) is 4. The summed E-state index contributed by atoms with van der Waals surface area (Å²) in [6.07, 6.45) is 0.788. The minimum absolute atomic E-state index is 0.0553. The molecule has 0 spiro atoms. The van der Waals surface area contributed by atoms with Gasteiger partial charge in [0, 0.05) is 17.4 Å². The average Bonchev–Trinajstić information content (AvgIpc) is 3.37. The summed E-state index contributed by atoms with van der Waals surface area (Å²) in [5.41, 5.74) is 3.49. The Hall–Kier alpha value is -3.43. The molecule has 1 aromatic carbocycles. The van der Waals surface area contributed by atoms with E-state index in [1.807, 2.05) is 38.1 Å². The first-order valence-corrected chi connectivity index (χ1v) is 10.6. The van der Waals surface area contributed by atoms with E-state index in [1.54, 1.807) is 6.07 Å². The van der Waals surface area contributed by atoms with Gasteiger partial charge in [0.05, 0.1) is 12.5 Å². The molecule has 2 aromatic rings. The highest BCUT2D eigenvalue weighted by atomic mass is 19.1. The highest BCUT2D eigenvalue weighted by Gasteiger charge is 2.31. The van der Waals surface area contributed by atoms with E-state index in [2.05, 4.69) is 21.0 Å². The maximum Gasteiger partial charge on any atom is 0.272 e. The van der Waals surface area contributed by atoms with E-state index >= 15 is 0 Å². The third kappa shape index (κ3) is 5.63. The summed E-state index contributed by atoms with van der Waals surface area (Å²) in [5, 5.41) is 7.03. The zero-order valence-corrected chi connectivity index (χ0v) is 18.1. The molecular formula is C22H28FN5O4. The third-order valence-electron chi connectivity index (χ3n) is 5.33. The van der Waals surface area contributed by atoms with Crippen LogP contribution < -0.4 is 16.1 Å². The molecule has 9 nitrogen and oxygen atoms in total. The minimum Gasteiger partial charge on any atom is -0.356 e. The van der Waals surface area contributed by atoms with Crippen LogP contribution in [0.3, 0.4) is 0 Å². The van der Waals surface area contributed by atoms with Crippen molar-refractivity contribution in [2.75, 3.05) is 19.8 Å². The van der Waals surface area contributed by atoms with Gasteiger partial charge < -0.3 is 15.6 Å². The van der Waals surface area contributed by atoms with Gasteiger partial charge in [-0.05, 0) is 30.9 Å². The molecule has 0 aliphatic carbocycles. The Balaban J connectivity index is 1.72. The molecule has 1 aromatic heterocycles. The van der Waals surface area contributed by atoms with Gasteiger partial charge in [-0.2, -0.15) is 0 Å². The number of carbonyl (C=O) groups excluding carboxylic acids is 4. The van der Waals surface area contributed by atoms with Gasteiger partial charge in [-0.1, -0.05) is 32.0 Å². The Morgan fingerprint density at radius 1 is 1.25 bits per heavy atom. The number of halogens is 1. The summed E-state index contributed by atoms with van der Waals surface area (Å²) < 4.78 is 13.1. The number of benzene rings is 1. The van der Waals surface area contributed by atoms with E-state index in [-0.39, 0.29) is 18.4 Å². The number of amides is 4. The smallest absolute Gasteiger partial charge is 0.272 e. The van der Waals surface area contributed by atoms with Gasteiger partial charge in [0.2, 0.25) is 5.91 Å². The zero-order chi connectivity index (χ0) is 23.3. The van der Waals surface area contributed by atoms with Gasteiger partial charge >= 0.3 is 0 Å². The number of aromatic nitrogens is 1. The molecule has 3 rings (SSSR count). The van der Waals surface area contributed by atoms with Crippen LogP contribution in [0.4, 0.5) is 4.39 Å². The van der Waals surface area contributed by atoms with Gasteiger partial charge in [-0.15, -0.1) is 0 Å². The van der Waals surface area contributed by atoms with Gasteiger partial charge in [-0.3, -0.25) is 29.6 Å². The van der Waals surface area contributed by atoms with Gasteiger partial charge in [0.25, 0.3) is 17.7 Å².